The van der Waals surface area contributed by atoms with Gasteiger partial charge in [0.25, 0.3) is 0 Å². The zero-order valence-corrected chi connectivity index (χ0v) is 17.7. The van der Waals surface area contributed by atoms with Crippen molar-refractivity contribution in [1.29, 1.82) is 0 Å². The molecule has 3 fully saturated rings. The molecule has 0 aromatic carbocycles. The van der Waals surface area contributed by atoms with Crippen molar-refractivity contribution < 1.29 is 0 Å². The number of allylic oxidation sites excluding steroid dienone is 4. The van der Waals surface area contributed by atoms with Crippen LogP contribution in [0.5, 0.6) is 0 Å². The Labute approximate surface area is 162 Å². The molecule has 26 heavy (non-hydrogen) atoms. The lowest BCUT2D eigenvalue weighted by Crippen LogP contribution is -2.58. The first kappa shape index (κ1) is 19.9. The van der Waals surface area contributed by atoms with Crippen LogP contribution in [-0.4, -0.2) is 6.04 Å². The molecule has 0 aromatic rings. The van der Waals surface area contributed by atoms with Gasteiger partial charge in [-0.25, -0.2) is 0 Å². The van der Waals surface area contributed by atoms with E-state index in [9.17, 15) is 0 Å². The fourth-order valence-corrected chi connectivity index (χ4v) is 7.79. The lowest BCUT2D eigenvalue weighted by molar-refractivity contribution is -0.0581. The highest BCUT2D eigenvalue weighted by molar-refractivity contribution is 5.27. The predicted molar refractivity (Wildman–Crippen MR) is 114 cm³/mol. The van der Waals surface area contributed by atoms with Crippen molar-refractivity contribution in [2.45, 2.75) is 85.1 Å². The molecule has 0 aliphatic heterocycles. The van der Waals surface area contributed by atoms with Gasteiger partial charge in [0.1, 0.15) is 0 Å². The highest BCUT2D eigenvalue weighted by Gasteiger charge is 2.60. The molecule has 1 nitrogen and oxygen atoms in total. The lowest BCUT2D eigenvalue weighted by atomic mass is 9.46. The first-order valence-electron chi connectivity index (χ1n) is 11.1. The maximum atomic E-state index is 7.02. The molecule has 3 rings (SSSR count). The minimum Gasteiger partial charge on any atom is -0.327 e. The molecule has 7 unspecified atom stereocenters. The van der Waals surface area contributed by atoms with Crippen LogP contribution in [0.3, 0.4) is 0 Å². The van der Waals surface area contributed by atoms with E-state index in [-0.39, 0.29) is 5.41 Å². The number of hydrogen-bond donors (Lipinski definition) is 1. The Morgan fingerprint density at radius 1 is 1.23 bits per heavy atom. The monoisotopic (exact) mass is 355 g/mol. The second-order valence-electron chi connectivity index (χ2n) is 9.95. The largest absolute Gasteiger partial charge is 0.327 e. The summed E-state index contributed by atoms with van der Waals surface area (Å²) in [6.07, 6.45) is 14.4. The average molecular weight is 356 g/mol. The van der Waals surface area contributed by atoms with E-state index in [0.717, 1.165) is 18.3 Å². The summed E-state index contributed by atoms with van der Waals surface area (Å²) in [5.41, 5.74) is 10.7. The Morgan fingerprint density at radius 2 is 1.96 bits per heavy atom. The number of fused-ring (bicyclic) bond motifs is 3. The standard InChI is InChI=1S/C25H41N/c1-7-10-18-11-12-19-21-14-13-20(17(4)9-3)25(21,6)16-22(26)23(19)24(18,5)15-8-2/h7,10,19-23H,1,4,8-9,11-16,26H2,2-3,5-6H3/b18-10-. The Morgan fingerprint density at radius 3 is 2.58 bits per heavy atom. The van der Waals surface area contributed by atoms with Crippen LogP contribution < -0.4 is 5.73 Å². The molecule has 1 heteroatoms. The lowest BCUT2D eigenvalue weighted by Gasteiger charge is -2.60. The third-order valence-corrected chi connectivity index (χ3v) is 8.78. The van der Waals surface area contributed by atoms with Crippen LogP contribution in [0.25, 0.3) is 0 Å². The highest BCUT2D eigenvalue weighted by Crippen LogP contribution is 2.66. The molecule has 3 aliphatic carbocycles. The summed E-state index contributed by atoms with van der Waals surface area (Å²) in [5, 5.41) is 0. The summed E-state index contributed by atoms with van der Waals surface area (Å²) in [6.45, 7) is 18.1. The molecule has 0 amide bonds. The van der Waals surface area contributed by atoms with Gasteiger partial charge in [0.05, 0.1) is 0 Å². The first-order chi connectivity index (χ1) is 12.3. The summed E-state index contributed by atoms with van der Waals surface area (Å²) in [5.74, 6) is 2.94. The molecule has 0 radical (unpaired) electrons. The fourth-order valence-electron chi connectivity index (χ4n) is 7.79. The quantitative estimate of drug-likeness (QED) is 0.548. The van der Waals surface area contributed by atoms with Crippen LogP contribution in [0.2, 0.25) is 0 Å². The molecule has 0 spiro atoms. The first-order valence-corrected chi connectivity index (χ1v) is 11.1. The minimum atomic E-state index is 0.256. The minimum absolute atomic E-state index is 0.256. The maximum absolute atomic E-state index is 7.02. The Bertz CT molecular complexity index is 587. The third-order valence-electron chi connectivity index (χ3n) is 8.78. The van der Waals surface area contributed by atoms with Gasteiger partial charge in [0.15, 0.2) is 0 Å². The van der Waals surface area contributed by atoms with Gasteiger partial charge in [-0.2, -0.15) is 0 Å². The van der Waals surface area contributed by atoms with Crippen molar-refractivity contribution in [1.82, 2.24) is 0 Å². The van der Waals surface area contributed by atoms with Crippen molar-refractivity contribution in [2.75, 3.05) is 0 Å². The van der Waals surface area contributed by atoms with Gasteiger partial charge in [-0.05, 0) is 79.4 Å². The van der Waals surface area contributed by atoms with Gasteiger partial charge in [-0.3, -0.25) is 0 Å². The molecular weight excluding hydrogens is 314 g/mol. The van der Waals surface area contributed by atoms with Gasteiger partial charge >= 0.3 is 0 Å². The number of nitrogens with two attached hydrogens (primary N) is 1. The SMILES string of the molecule is C=C/C=C1/CCC2C(C(N)CC3(C)C(C(=C)CC)CCC23)C1(C)CCC. The van der Waals surface area contributed by atoms with Crippen LogP contribution >= 0.6 is 0 Å². The fraction of sp³-hybridized carbons (Fsp3) is 0.760. The molecule has 0 bridgehead atoms. The summed E-state index contributed by atoms with van der Waals surface area (Å²) in [4.78, 5) is 0. The summed E-state index contributed by atoms with van der Waals surface area (Å²) in [6, 6.07) is 0.316. The van der Waals surface area contributed by atoms with Gasteiger partial charge in [-0.15, -0.1) is 0 Å². The topological polar surface area (TPSA) is 26.0 Å². The zero-order chi connectivity index (χ0) is 19.1. The molecule has 2 N–H and O–H groups in total. The summed E-state index contributed by atoms with van der Waals surface area (Å²) in [7, 11) is 0. The van der Waals surface area contributed by atoms with E-state index >= 15 is 0 Å². The van der Waals surface area contributed by atoms with E-state index in [1.165, 1.54) is 50.5 Å². The van der Waals surface area contributed by atoms with Gasteiger partial charge in [0.2, 0.25) is 0 Å². The second kappa shape index (κ2) is 7.30. The molecular formula is C25H41N. The predicted octanol–water partition coefficient (Wildman–Crippen LogP) is 6.66. The van der Waals surface area contributed by atoms with Crippen LogP contribution in [-0.2, 0) is 0 Å². The molecule has 146 valence electrons. The van der Waals surface area contributed by atoms with Gasteiger partial charge in [-0.1, -0.05) is 70.6 Å². The molecule has 3 saturated carbocycles. The molecule has 0 heterocycles. The van der Waals surface area contributed by atoms with Crippen LogP contribution in [0.1, 0.15) is 79.1 Å². The van der Waals surface area contributed by atoms with E-state index in [2.05, 4.69) is 46.9 Å². The summed E-state index contributed by atoms with van der Waals surface area (Å²) < 4.78 is 0. The van der Waals surface area contributed by atoms with Crippen molar-refractivity contribution in [3.63, 3.8) is 0 Å². The number of rotatable bonds is 5. The van der Waals surface area contributed by atoms with Crippen molar-refractivity contribution in [3.8, 4) is 0 Å². The zero-order valence-electron chi connectivity index (χ0n) is 17.7. The van der Waals surface area contributed by atoms with Crippen LogP contribution in [0.4, 0.5) is 0 Å². The molecule has 0 aromatic heterocycles. The molecule has 7 atom stereocenters. The van der Waals surface area contributed by atoms with E-state index in [0.29, 0.717) is 23.3 Å². The molecule has 3 aliphatic rings. The van der Waals surface area contributed by atoms with Crippen LogP contribution in [0.15, 0.2) is 36.5 Å². The third kappa shape index (κ3) is 2.86. The molecule has 0 saturated heterocycles. The Kier molecular flexibility index (Phi) is 5.60. The second-order valence-corrected chi connectivity index (χ2v) is 9.95. The normalized spacial score (nSPS) is 46.7. The van der Waals surface area contributed by atoms with E-state index in [1.54, 1.807) is 5.57 Å². The number of hydrogen-bond acceptors (Lipinski definition) is 1. The van der Waals surface area contributed by atoms with E-state index in [1.807, 2.05) is 6.08 Å². The van der Waals surface area contributed by atoms with Crippen LogP contribution in [0, 0.1) is 34.5 Å². The average Bonchev–Trinajstić information content (AvgIpc) is 2.93. The Balaban J connectivity index is 1.99. The highest BCUT2D eigenvalue weighted by atomic mass is 14.8. The van der Waals surface area contributed by atoms with E-state index < -0.39 is 0 Å². The van der Waals surface area contributed by atoms with Crippen molar-refractivity contribution >= 4 is 0 Å². The van der Waals surface area contributed by atoms with Crippen molar-refractivity contribution in [2.24, 2.45) is 40.2 Å². The van der Waals surface area contributed by atoms with E-state index in [4.69, 9.17) is 5.73 Å². The van der Waals surface area contributed by atoms with Crippen molar-refractivity contribution in [3.05, 3.63) is 36.5 Å². The van der Waals surface area contributed by atoms with Gasteiger partial charge in [0, 0.05) is 6.04 Å². The summed E-state index contributed by atoms with van der Waals surface area (Å²) >= 11 is 0. The Hall–Kier alpha value is -0.820. The smallest absolute Gasteiger partial charge is 0.00837 e. The maximum Gasteiger partial charge on any atom is 0.00837 e. The van der Waals surface area contributed by atoms with Gasteiger partial charge < -0.3 is 5.73 Å².